The zero-order valence-electron chi connectivity index (χ0n) is 12.0. The van der Waals surface area contributed by atoms with E-state index in [0.717, 1.165) is 16.7 Å². The number of rotatable bonds is 3. The maximum absolute atomic E-state index is 12.7. The lowest BCUT2D eigenvalue weighted by atomic mass is 10.1. The summed E-state index contributed by atoms with van der Waals surface area (Å²) in [5, 5.41) is 0.961. The van der Waals surface area contributed by atoms with E-state index in [2.05, 4.69) is 4.98 Å². The van der Waals surface area contributed by atoms with Crippen LogP contribution in [0.3, 0.4) is 0 Å². The summed E-state index contributed by atoms with van der Waals surface area (Å²) in [6.45, 7) is 1.94. The standard InChI is InChI=1S/C17H16N2O2/c1-12(15-9-5-11-21-15)19(2)17(20)14-8-3-6-13-7-4-10-18-16(13)14/h3-12H,1-2H3. The smallest absolute Gasteiger partial charge is 0.256 e. The van der Waals surface area contributed by atoms with Crippen molar-refractivity contribution in [1.82, 2.24) is 9.88 Å². The lowest BCUT2D eigenvalue weighted by Crippen LogP contribution is -2.29. The molecule has 0 saturated carbocycles. The molecule has 1 aromatic carbocycles. The molecule has 1 unspecified atom stereocenters. The number of fused-ring (bicyclic) bond motifs is 1. The van der Waals surface area contributed by atoms with Crippen LogP contribution in [0.25, 0.3) is 10.9 Å². The zero-order valence-corrected chi connectivity index (χ0v) is 12.0. The second kappa shape index (κ2) is 5.40. The third-order valence-corrected chi connectivity index (χ3v) is 3.72. The zero-order chi connectivity index (χ0) is 14.8. The molecule has 3 rings (SSSR count). The predicted molar refractivity (Wildman–Crippen MR) is 81.0 cm³/mol. The van der Waals surface area contributed by atoms with Gasteiger partial charge in [-0.3, -0.25) is 9.78 Å². The van der Waals surface area contributed by atoms with Gasteiger partial charge in [0.2, 0.25) is 0 Å². The van der Waals surface area contributed by atoms with Gasteiger partial charge in [-0.1, -0.05) is 18.2 Å². The third kappa shape index (κ3) is 2.40. The van der Waals surface area contributed by atoms with Crippen LogP contribution in [0.5, 0.6) is 0 Å². The summed E-state index contributed by atoms with van der Waals surface area (Å²) in [7, 11) is 1.78. The molecule has 2 heterocycles. The topological polar surface area (TPSA) is 46.3 Å². The highest BCUT2D eigenvalue weighted by molar-refractivity contribution is 6.05. The number of carbonyl (C=O) groups excluding carboxylic acids is 1. The molecule has 0 spiro atoms. The predicted octanol–water partition coefficient (Wildman–Crippen LogP) is 3.66. The molecule has 2 aromatic heterocycles. The monoisotopic (exact) mass is 280 g/mol. The van der Waals surface area contributed by atoms with Gasteiger partial charge in [-0.2, -0.15) is 0 Å². The first kappa shape index (κ1) is 13.4. The Bertz CT molecular complexity index is 760. The number of amides is 1. The molecule has 4 heteroatoms. The van der Waals surface area contributed by atoms with Gasteiger partial charge in [-0.05, 0) is 31.2 Å². The van der Waals surface area contributed by atoms with Crippen LogP contribution in [0.4, 0.5) is 0 Å². The molecule has 106 valence electrons. The van der Waals surface area contributed by atoms with E-state index >= 15 is 0 Å². The quantitative estimate of drug-likeness (QED) is 0.735. The van der Waals surface area contributed by atoms with Crippen molar-refractivity contribution in [3.63, 3.8) is 0 Å². The van der Waals surface area contributed by atoms with E-state index in [1.54, 1.807) is 24.4 Å². The van der Waals surface area contributed by atoms with Gasteiger partial charge in [0, 0.05) is 18.6 Å². The van der Waals surface area contributed by atoms with E-state index in [1.165, 1.54) is 0 Å². The summed E-state index contributed by atoms with van der Waals surface area (Å²) < 4.78 is 5.38. The van der Waals surface area contributed by atoms with E-state index in [4.69, 9.17) is 4.42 Å². The van der Waals surface area contributed by atoms with Crippen molar-refractivity contribution in [3.8, 4) is 0 Å². The minimum Gasteiger partial charge on any atom is -0.467 e. The molecule has 3 aromatic rings. The number of aromatic nitrogens is 1. The van der Waals surface area contributed by atoms with Crippen molar-refractivity contribution in [2.75, 3.05) is 7.05 Å². The van der Waals surface area contributed by atoms with Crippen LogP contribution in [0.15, 0.2) is 59.3 Å². The van der Waals surface area contributed by atoms with Crippen LogP contribution in [-0.4, -0.2) is 22.8 Å². The molecule has 1 atom stereocenters. The highest BCUT2D eigenvalue weighted by atomic mass is 16.3. The molecule has 4 nitrogen and oxygen atoms in total. The Hall–Kier alpha value is -2.62. The highest BCUT2D eigenvalue weighted by Gasteiger charge is 2.22. The first-order valence-electron chi connectivity index (χ1n) is 6.83. The number of nitrogens with zero attached hydrogens (tertiary/aromatic N) is 2. The lowest BCUT2D eigenvalue weighted by Gasteiger charge is -2.23. The number of benzene rings is 1. The summed E-state index contributed by atoms with van der Waals surface area (Å²) in [6.07, 6.45) is 3.32. The molecule has 1 amide bonds. The first-order valence-corrected chi connectivity index (χ1v) is 6.83. The Kier molecular flexibility index (Phi) is 3.44. The molecule has 0 aliphatic rings. The second-order valence-corrected chi connectivity index (χ2v) is 4.99. The van der Waals surface area contributed by atoms with Crippen LogP contribution in [-0.2, 0) is 0 Å². The molecule has 0 bridgehead atoms. The molecule has 0 aliphatic carbocycles. The fourth-order valence-corrected chi connectivity index (χ4v) is 2.36. The average molecular weight is 280 g/mol. The minimum absolute atomic E-state index is 0.0665. The van der Waals surface area contributed by atoms with Gasteiger partial charge in [0.1, 0.15) is 5.76 Å². The molecular formula is C17H16N2O2. The lowest BCUT2D eigenvalue weighted by molar-refractivity contribution is 0.0728. The second-order valence-electron chi connectivity index (χ2n) is 4.99. The van der Waals surface area contributed by atoms with Crippen LogP contribution in [0, 0.1) is 0 Å². The number of hydrogen-bond acceptors (Lipinski definition) is 3. The minimum atomic E-state index is -0.133. The Balaban J connectivity index is 1.97. The molecule has 0 radical (unpaired) electrons. The molecular weight excluding hydrogens is 264 g/mol. The van der Waals surface area contributed by atoms with Gasteiger partial charge in [-0.25, -0.2) is 0 Å². The Labute approximate surface area is 123 Å². The van der Waals surface area contributed by atoms with Crippen LogP contribution >= 0.6 is 0 Å². The fraction of sp³-hybridized carbons (Fsp3) is 0.176. The Morgan fingerprint density at radius 3 is 2.76 bits per heavy atom. The van der Waals surface area contributed by atoms with E-state index in [9.17, 15) is 4.79 Å². The van der Waals surface area contributed by atoms with E-state index in [1.807, 2.05) is 49.4 Å². The molecule has 0 N–H and O–H groups in total. The maximum Gasteiger partial charge on any atom is 0.256 e. The molecule has 21 heavy (non-hydrogen) atoms. The van der Waals surface area contributed by atoms with Crippen LogP contribution in [0.1, 0.15) is 29.1 Å². The number of furan rings is 1. The first-order chi connectivity index (χ1) is 10.2. The van der Waals surface area contributed by atoms with Crippen molar-refractivity contribution in [1.29, 1.82) is 0 Å². The van der Waals surface area contributed by atoms with E-state index < -0.39 is 0 Å². The van der Waals surface area contributed by atoms with Crippen molar-refractivity contribution in [3.05, 3.63) is 66.2 Å². The van der Waals surface area contributed by atoms with Crippen molar-refractivity contribution in [2.24, 2.45) is 0 Å². The SMILES string of the molecule is CC(c1ccco1)N(C)C(=O)c1cccc2cccnc12. The van der Waals surface area contributed by atoms with Crippen molar-refractivity contribution in [2.45, 2.75) is 13.0 Å². The maximum atomic E-state index is 12.7. The normalized spacial score (nSPS) is 12.3. The van der Waals surface area contributed by atoms with Gasteiger partial charge < -0.3 is 9.32 Å². The third-order valence-electron chi connectivity index (χ3n) is 3.72. The van der Waals surface area contributed by atoms with Gasteiger partial charge in [0.15, 0.2) is 0 Å². The van der Waals surface area contributed by atoms with Crippen LogP contribution < -0.4 is 0 Å². The van der Waals surface area contributed by atoms with E-state index in [-0.39, 0.29) is 11.9 Å². The summed E-state index contributed by atoms with van der Waals surface area (Å²) in [4.78, 5) is 18.7. The Morgan fingerprint density at radius 1 is 1.19 bits per heavy atom. The van der Waals surface area contributed by atoms with Gasteiger partial charge in [-0.15, -0.1) is 0 Å². The van der Waals surface area contributed by atoms with Crippen LogP contribution in [0.2, 0.25) is 0 Å². The van der Waals surface area contributed by atoms with Gasteiger partial charge in [0.25, 0.3) is 5.91 Å². The fourth-order valence-electron chi connectivity index (χ4n) is 2.36. The molecule has 0 saturated heterocycles. The van der Waals surface area contributed by atoms with Crippen molar-refractivity contribution < 1.29 is 9.21 Å². The van der Waals surface area contributed by atoms with E-state index in [0.29, 0.717) is 5.56 Å². The largest absolute Gasteiger partial charge is 0.467 e. The summed E-state index contributed by atoms with van der Waals surface area (Å²) >= 11 is 0. The van der Waals surface area contributed by atoms with Crippen molar-refractivity contribution >= 4 is 16.8 Å². The summed E-state index contributed by atoms with van der Waals surface area (Å²) in [5.41, 5.74) is 1.33. The van der Waals surface area contributed by atoms with Gasteiger partial charge >= 0.3 is 0 Å². The number of hydrogen-bond donors (Lipinski definition) is 0. The number of para-hydroxylation sites is 1. The number of carbonyl (C=O) groups is 1. The molecule has 0 aliphatic heterocycles. The van der Waals surface area contributed by atoms with Gasteiger partial charge in [0.05, 0.1) is 23.4 Å². The number of pyridine rings is 1. The average Bonchev–Trinajstić information content (AvgIpc) is 3.06. The molecule has 0 fully saturated rings. The summed E-state index contributed by atoms with van der Waals surface area (Å²) in [5.74, 6) is 0.697. The summed E-state index contributed by atoms with van der Waals surface area (Å²) in [6, 6.07) is 13.0. The Morgan fingerprint density at radius 2 is 2.00 bits per heavy atom. The highest BCUT2D eigenvalue weighted by Crippen LogP contribution is 2.23.